The number of rotatable bonds is 13. The van der Waals surface area contributed by atoms with Crippen molar-refractivity contribution in [3.8, 4) is 0 Å². The summed E-state index contributed by atoms with van der Waals surface area (Å²) in [5, 5.41) is 9.46. The smallest absolute Gasteiger partial charge is 0.332 e. The monoisotopic (exact) mass is 518 g/mol. The minimum absolute atomic E-state index is 0.0728. The topological polar surface area (TPSA) is 111 Å². The van der Waals surface area contributed by atoms with E-state index in [0.717, 1.165) is 23.5 Å². The normalized spacial score (nSPS) is 11.6. The molecule has 0 spiro atoms. The average molecular weight is 519 g/mol. The molecule has 0 unspecified atom stereocenters. The van der Waals surface area contributed by atoms with Crippen LogP contribution in [0.1, 0.15) is 37.2 Å². The Hall–Kier alpha value is -3.69. The van der Waals surface area contributed by atoms with E-state index in [1.807, 2.05) is 66.1 Å². The number of nitrogens with two attached hydrogens (primary N) is 1. The molecule has 0 aliphatic carbocycles. The second kappa shape index (κ2) is 12.7. The van der Waals surface area contributed by atoms with E-state index in [2.05, 4.69) is 11.8 Å². The van der Waals surface area contributed by atoms with Gasteiger partial charge in [0, 0.05) is 44.8 Å². The summed E-state index contributed by atoms with van der Waals surface area (Å²) in [7, 11) is 0. The SMILES string of the molecule is CCCn1c(=O)c2c(nc(Cc3ccccc3)n2CCN(CC)CCO)n(CCc2ccc(N)cc2)c1=O. The van der Waals surface area contributed by atoms with Crippen LogP contribution in [0.4, 0.5) is 5.69 Å². The van der Waals surface area contributed by atoms with Crippen molar-refractivity contribution in [2.75, 3.05) is 32.0 Å². The number of nitrogens with zero attached hydrogens (tertiary/aromatic N) is 5. The lowest BCUT2D eigenvalue weighted by atomic mass is 10.1. The molecular weight excluding hydrogens is 480 g/mol. The van der Waals surface area contributed by atoms with Crippen molar-refractivity contribution in [2.45, 2.75) is 52.7 Å². The Morgan fingerprint density at radius 2 is 1.61 bits per heavy atom. The molecule has 9 heteroatoms. The minimum atomic E-state index is -0.328. The lowest BCUT2D eigenvalue weighted by Gasteiger charge is -2.20. The van der Waals surface area contributed by atoms with Gasteiger partial charge in [0.05, 0.1) is 6.61 Å². The number of anilines is 1. The molecule has 0 atom stereocenters. The van der Waals surface area contributed by atoms with Crippen LogP contribution in [0.3, 0.4) is 0 Å². The quantitative estimate of drug-likeness (QED) is 0.263. The number of imidazole rings is 1. The van der Waals surface area contributed by atoms with Gasteiger partial charge in [-0.05, 0) is 42.6 Å². The molecule has 2 aromatic carbocycles. The molecule has 202 valence electrons. The number of hydrogen-bond acceptors (Lipinski definition) is 6. The Balaban J connectivity index is 1.85. The summed E-state index contributed by atoms with van der Waals surface area (Å²) in [6.45, 7) is 7.36. The molecule has 38 heavy (non-hydrogen) atoms. The van der Waals surface area contributed by atoms with Crippen LogP contribution in [0.25, 0.3) is 11.2 Å². The molecule has 0 amide bonds. The Bertz CT molecular complexity index is 1450. The van der Waals surface area contributed by atoms with Gasteiger partial charge in [-0.15, -0.1) is 0 Å². The second-order valence-corrected chi connectivity index (χ2v) is 9.55. The maximum atomic E-state index is 13.8. The van der Waals surface area contributed by atoms with Crippen LogP contribution in [0.15, 0.2) is 64.2 Å². The second-order valence-electron chi connectivity index (χ2n) is 9.55. The summed E-state index contributed by atoms with van der Waals surface area (Å²) in [6.07, 6.45) is 1.82. The molecule has 0 aliphatic heterocycles. The van der Waals surface area contributed by atoms with Crippen molar-refractivity contribution in [1.82, 2.24) is 23.6 Å². The Morgan fingerprint density at radius 1 is 0.868 bits per heavy atom. The third-order valence-electron chi connectivity index (χ3n) is 6.95. The number of hydrogen-bond donors (Lipinski definition) is 2. The highest BCUT2D eigenvalue weighted by Crippen LogP contribution is 2.17. The fourth-order valence-corrected chi connectivity index (χ4v) is 4.85. The largest absolute Gasteiger partial charge is 0.399 e. The molecule has 0 saturated heterocycles. The molecule has 0 bridgehead atoms. The van der Waals surface area contributed by atoms with Gasteiger partial charge in [-0.3, -0.25) is 18.8 Å². The van der Waals surface area contributed by atoms with Gasteiger partial charge >= 0.3 is 5.69 Å². The predicted octanol–water partition coefficient (Wildman–Crippen LogP) is 2.50. The summed E-state index contributed by atoms with van der Waals surface area (Å²) >= 11 is 0. The van der Waals surface area contributed by atoms with Crippen LogP contribution in [0, 0.1) is 0 Å². The zero-order valence-electron chi connectivity index (χ0n) is 22.3. The minimum Gasteiger partial charge on any atom is -0.399 e. The van der Waals surface area contributed by atoms with Crippen molar-refractivity contribution >= 4 is 16.9 Å². The first-order valence-electron chi connectivity index (χ1n) is 13.4. The highest BCUT2D eigenvalue weighted by atomic mass is 16.3. The van der Waals surface area contributed by atoms with E-state index >= 15 is 0 Å². The molecule has 0 aliphatic rings. The molecule has 2 heterocycles. The van der Waals surface area contributed by atoms with Gasteiger partial charge < -0.3 is 15.4 Å². The number of benzene rings is 2. The van der Waals surface area contributed by atoms with E-state index < -0.39 is 0 Å². The van der Waals surface area contributed by atoms with Crippen LogP contribution in [-0.4, -0.2) is 54.9 Å². The van der Waals surface area contributed by atoms with E-state index in [0.29, 0.717) is 68.8 Å². The molecular formula is C29H38N6O3. The zero-order valence-corrected chi connectivity index (χ0v) is 22.3. The number of fused-ring (bicyclic) bond motifs is 1. The molecule has 4 rings (SSSR count). The van der Waals surface area contributed by atoms with Crippen LogP contribution in [-0.2, 0) is 32.5 Å². The van der Waals surface area contributed by atoms with Crippen molar-refractivity contribution < 1.29 is 5.11 Å². The fraction of sp³-hybridized carbons (Fsp3) is 0.414. The van der Waals surface area contributed by atoms with E-state index in [9.17, 15) is 14.7 Å². The number of likely N-dealkylation sites (N-methyl/N-ethyl adjacent to an activating group) is 1. The first kappa shape index (κ1) is 27.3. The average Bonchev–Trinajstić information content (AvgIpc) is 3.28. The summed E-state index contributed by atoms with van der Waals surface area (Å²) in [5.41, 5.74) is 8.93. The Labute approximate surface area is 222 Å². The van der Waals surface area contributed by atoms with Crippen LogP contribution < -0.4 is 17.0 Å². The van der Waals surface area contributed by atoms with Crippen LogP contribution >= 0.6 is 0 Å². The first-order valence-corrected chi connectivity index (χ1v) is 13.4. The van der Waals surface area contributed by atoms with Crippen LogP contribution in [0.2, 0.25) is 0 Å². The molecule has 3 N–H and O–H groups in total. The number of nitrogen functional groups attached to an aromatic ring is 1. The third-order valence-corrected chi connectivity index (χ3v) is 6.95. The van der Waals surface area contributed by atoms with Gasteiger partial charge in [0.25, 0.3) is 5.56 Å². The molecule has 2 aromatic heterocycles. The summed E-state index contributed by atoms with van der Waals surface area (Å²) in [6, 6.07) is 17.6. The maximum absolute atomic E-state index is 13.8. The van der Waals surface area contributed by atoms with Crippen LogP contribution in [0.5, 0.6) is 0 Å². The molecule has 0 radical (unpaired) electrons. The van der Waals surface area contributed by atoms with Gasteiger partial charge in [-0.1, -0.05) is 56.3 Å². The van der Waals surface area contributed by atoms with E-state index in [1.54, 1.807) is 4.57 Å². The van der Waals surface area contributed by atoms with Gasteiger partial charge in [0.15, 0.2) is 11.2 Å². The number of aryl methyl sites for hydroxylation is 2. The zero-order chi connectivity index (χ0) is 27.1. The van der Waals surface area contributed by atoms with E-state index in [1.165, 1.54) is 4.57 Å². The first-order chi connectivity index (χ1) is 18.5. The van der Waals surface area contributed by atoms with Gasteiger partial charge in [0.2, 0.25) is 0 Å². The maximum Gasteiger partial charge on any atom is 0.332 e. The summed E-state index contributed by atoms with van der Waals surface area (Å²) in [4.78, 5) is 34.4. The highest BCUT2D eigenvalue weighted by molar-refractivity contribution is 5.71. The van der Waals surface area contributed by atoms with Gasteiger partial charge in [-0.2, -0.15) is 0 Å². The Morgan fingerprint density at radius 3 is 2.26 bits per heavy atom. The molecule has 0 fully saturated rings. The molecule has 4 aromatic rings. The summed E-state index contributed by atoms with van der Waals surface area (Å²) < 4.78 is 4.98. The lowest BCUT2D eigenvalue weighted by Crippen LogP contribution is -2.41. The summed E-state index contributed by atoms with van der Waals surface area (Å²) in [5.74, 6) is 0.748. The molecule has 0 saturated carbocycles. The van der Waals surface area contributed by atoms with E-state index in [-0.39, 0.29) is 17.9 Å². The van der Waals surface area contributed by atoms with Crippen molar-refractivity contribution in [3.05, 3.63) is 92.4 Å². The predicted molar refractivity (Wildman–Crippen MR) is 152 cm³/mol. The molecule has 9 nitrogen and oxygen atoms in total. The van der Waals surface area contributed by atoms with E-state index in [4.69, 9.17) is 10.7 Å². The van der Waals surface area contributed by atoms with Gasteiger partial charge in [0.1, 0.15) is 5.82 Å². The lowest BCUT2D eigenvalue weighted by molar-refractivity contribution is 0.197. The standard InChI is InChI=1S/C29H38N6O3/c1-3-15-35-28(37)26-27(34(29(35)38)16-14-22-10-12-24(30)13-11-22)31-25(21-23-8-6-5-7-9-23)33(26)18-17-32(4-2)19-20-36/h5-13,36H,3-4,14-21,30H2,1-2H3. The number of aliphatic hydroxyl groups is 1. The van der Waals surface area contributed by atoms with Crippen molar-refractivity contribution in [2.24, 2.45) is 0 Å². The van der Waals surface area contributed by atoms with Crippen molar-refractivity contribution in [1.29, 1.82) is 0 Å². The number of aromatic nitrogens is 4. The Kier molecular flexibility index (Phi) is 9.15. The van der Waals surface area contributed by atoms with Crippen molar-refractivity contribution in [3.63, 3.8) is 0 Å². The highest BCUT2D eigenvalue weighted by Gasteiger charge is 2.22. The fourth-order valence-electron chi connectivity index (χ4n) is 4.85. The number of aliphatic hydroxyl groups excluding tert-OH is 1. The third kappa shape index (κ3) is 6.06. The van der Waals surface area contributed by atoms with Gasteiger partial charge in [-0.25, -0.2) is 9.78 Å².